The number of hydrogen-bond acceptors (Lipinski definition) is 4. The van der Waals surface area contributed by atoms with Crippen LogP contribution < -0.4 is 5.32 Å². The summed E-state index contributed by atoms with van der Waals surface area (Å²) in [5, 5.41) is 9.18. The van der Waals surface area contributed by atoms with E-state index in [2.05, 4.69) is 50.7 Å². The van der Waals surface area contributed by atoms with Gasteiger partial charge < -0.3 is 9.88 Å². The number of rotatable bonds is 3. The quantitative estimate of drug-likeness (QED) is 0.609. The van der Waals surface area contributed by atoms with Crippen LogP contribution in [0.1, 0.15) is 22.3 Å². The molecule has 2 aromatic heterocycles. The van der Waals surface area contributed by atoms with Gasteiger partial charge in [-0.05, 0) is 49.6 Å². The summed E-state index contributed by atoms with van der Waals surface area (Å²) in [5.74, 6) is -0.166. The van der Waals surface area contributed by atoms with Gasteiger partial charge in [0, 0.05) is 34.0 Å². The van der Waals surface area contributed by atoms with Crippen LogP contribution >= 0.6 is 11.5 Å². The van der Waals surface area contributed by atoms with E-state index in [1.807, 2.05) is 18.2 Å². The number of carbonyl (C=O) groups is 1. The van der Waals surface area contributed by atoms with Gasteiger partial charge in [-0.15, -0.1) is 5.10 Å². The molecule has 0 atom stereocenters. The zero-order valence-corrected chi connectivity index (χ0v) is 14.2. The van der Waals surface area contributed by atoms with Gasteiger partial charge in [-0.1, -0.05) is 22.7 Å². The molecule has 0 aliphatic rings. The topological polar surface area (TPSA) is 59.8 Å². The van der Waals surface area contributed by atoms with Crippen molar-refractivity contribution >= 4 is 44.9 Å². The number of amides is 1. The molecule has 0 unspecified atom stereocenters. The Morgan fingerprint density at radius 2 is 1.96 bits per heavy atom. The van der Waals surface area contributed by atoms with E-state index in [1.165, 1.54) is 16.4 Å². The number of benzene rings is 2. The largest absolute Gasteiger partial charge is 0.341 e. The van der Waals surface area contributed by atoms with Gasteiger partial charge in [0.25, 0.3) is 5.91 Å². The Morgan fingerprint density at radius 3 is 2.71 bits per heavy atom. The number of hydrogen-bond donors (Lipinski definition) is 1. The maximum absolute atomic E-state index is 12.4. The summed E-state index contributed by atoms with van der Waals surface area (Å²) >= 11 is 1.11. The third-order valence-electron chi connectivity index (χ3n) is 4.20. The number of para-hydroxylation sites is 1. The third-order valence-corrected chi connectivity index (χ3v) is 5.03. The average molecular weight is 336 g/mol. The molecule has 1 N–H and O–H groups in total. The maximum Gasteiger partial charge on any atom is 0.269 e. The smallest absolute Gasteiger partial charge is 0.269 e. The first-order valence-corrected chi connectivity index (χ1v) is 8.57. The van der Waals surface area contributed by atoms with E-state index in [9.17, 15) is 4.79 Å². The fourth-order valence-corrected chi connectivity index (χ4v) is 3.65. The summed E-state index contributed by atoms with van der Waals surface area (Å²) in [5.41, 5.74) is 3.81. The van der Waals surface area contributed by atoms with Gasteiger partial charge in [0.2, 0.25) is 0 Å². The van der Waals surface area contributed by atoms with Crippen LogP contribution in [0.4, 0.5) is 5.69 Å². The van der Waals surface area contributed by atoms with E-state index in [1.54, 1.807) is 6.92 Å². The lowest BCUT2D eigenvalue weighted by atomic mass is 10.1. The van der Waals surface area contributed by atoms with Crippen molar-refractivity contribution < 1.29 is 4.79 Å². The monoisotopic (exact) mass is 336 g/mol. The summed E-state index contributed by atoms with van der Waals surface area (Å²) in [7, 11) is 0. The van der Waals surface area contributed by atoms with Crippen LogP contribution in [0, 0.1) is 6.92 Å². The second-order valence-corrected chi connectivity index (χ2v) is 6.39. The number of aryl methyl sites for hydroxylation is 2. The molecule has 4 aromatic rings. The van der Waals surface area contributed by atoms with Gasteiger partial charge in [-0.2, -0.15) is 0 Å². The minimum absolute atomic E-state index is 0.166. The third kappa shape index (κ3) is 2.27. The molecule has 0 fully saturated rings. The summed E-state index contributed by atoms with van der Waals surface area (Å²) in [6.07, 6.45) is 0. The number of anilines is 1. The number of fused-ring (bicyclic) bond motifs is 3. The van der Waals surface area contributed by atoms with Crippen LogP contribution in [0.15, 0.2) is 42.5 Å². The van der Waals surface area contributed by atoms with Crippen molar-refractivity contribution in [3.8, 4) is 0 Å². The first-order valence-electron chi connectivity index (χ1n) is 7.80. The molecule has 1 amide bonds. The van der Waals surface area contributed by atoms with Crippen LogP contribution in [0.5, 0.6) is 0 Å². The van der Waals surface area contributed by atoms with Gasteiger partial charge in [0.05, 0.1) is 5.69 Å². The van der Waals surface area contributed by atoms with Crippen LogP contribution in [-0.4, -0.2) is 20.1 Å². The Morgan fingerprint density at radius 1 is 1.17 bits per heavy atom. The molecule has 0 aliphatic carbocycles. The second kappa shape index (κ2) is 5.72. The molecule has 0 bridgehead atoms. The van der Waals surface area contributed by atoms with Crippen molar-refractivity contribution in [1.29, 1.82) is 0 Å². The lowest BCUT2D eigenvalue weighted by Crippen LogP contribution is -2.11. The molecular weight excluding hydrogens is 320 g/mol. The molecule has 5 nitrogen and oxygen atoms in total. The molecule has 120 valence electrons. The lowest BCUT2D eigenvalue weighted by Gasteiger charge is -2.06. The van der Waals surface area contributed by atoms with Gasteiger partial charge in [-0.3, -0.25) is 4.79 Å². The predicted octanol–water partition coefficient (Wildman–Crippen LogP) is 4.23. The highest BCUT2D eigenvalue weighted by atomic mass is 32.1. The van der Waals surface area contributed by atoms with Crippen molar-refractivity contribution in [2.75, 3.05) is 5.32 Å². The fourth-order valence-electron chi connectivity index (χ4n) is 3.10. The minimum atomic E-state index is -0.166. The number of nitrogens with one attached hydrogen (secondary N) is 1. The number of carbonyl (C=O) groups excluding carboxylic acids is 1. The van der Waals surface area contributed by atoms with Crippen LogP contribution in [0.2, 0.25) is 0 Å². The zero-order chi connectivity index (χ0) is 16.7. The molecule has 4 rings (SSSR count). The standard InChI is InChI=1S/C18H16N4OS/c1-3-22-15-7-5-4-6-13(15)14-10-12(8-9-16(14)22)19-18(23)17-11(2)20-21-24-17/h4-10H,3H2,1-2H3,(H,19,23). The maximum atomic E-state index is 12.4. The normalized spacial score (nSPS) is 11.2. The zero-order valence-electron chi connectivity index (χ0n) is 13.4. The summed E-state index contributed by atoms with van der Waals surface area (Å²) in [6.45, 7) is 4.83. The number of nitrogens with zero attached hydrogens (tertiary/aromatic N) is 3. The first-order chi connectivity index (χ1) is 11.7. The second-order valence-electron chi connectivity index (χ2n) is 5.63. The summed E-state index contributed by atoms with van der Waals surface area (Å²) in [6, 6.07) is 14.4. The fraction of sp³-hybridized carbons (Fsp3) is 0.167. The van der Waals surface area contributed by atoms with Crippen molar-refractivity contribution in [1.82, 2.24) is 14.2 Å². The lowest BCUT2D eigenvalue weighted by molar-refractivity contribution is 0.103. The molecule has 24 heavy (non-hydrogen) atoms. The van der Waals surface area contributed by atoms with E-state index in [0.29, 0.717) is 10.6 Å². The SMILES string of the molecule is CCn1c2ccccc2c2cc(NC(=O)c3snnc3C)ccc21. The highest BCUT2D eigenvalue weighted by Crippen LogP contribution is 2.31. The molecule has 6 heteroatoms. The highest BCUT2D eigenvalue weighted by Gasteiger charge is 2.15. The van der Waals surface area contributed by atoms with Gasteiger partial charge in [0.15, 0.2) is 0 Å². The first kappa shape index (κ1) is 14.8. The van der Waals surface area contributed by atoms with Crippen LogP contribution in [0.3, 0.4) is 0 Å². The van der Waals surface area contributed by atoms with Crippen LogP contribution in [0.25, 0.3) is 21.8 Å². The number of aromatic nitrogens is 3. The van der Waals surface area contributed by atoms with Crippen molar-refractivity contribution in [2.45, 2.75) is 20.4 Å². The van der Waals surface area contributed by atoms with Gasteiger partial charge >= 0.3 is 0 Å². The molecule has 0 aliphatic heterocycles. The summed E-state index contributed by atoms with van der Waals surface area (Å²) < 4.78 is 6.10. The van der Waals surface area contributed by atoms with Crippen molar-refractivity contribution in [3.05, 3.63) is 53.0 Å². The molecule has 2 aromatic carbocycles. The molecular formula is C18H16N4OS. The molecule has 0 spiro atoms. The predicted molar refractivity (Wildman–Crippen MR) is 97.7 cm³/mol. The molecule has 0 radical (unpaired) electrons. The van der Waals surface area contributed by atoms with Crippen molar-refractivity contribution in [2.24, 2.45) is 0 Å². The van der Waals surface area contributed by atoms with Gasteiger partial charge in [-0.25, -0.2) is 0 Å². The summed E-state index contributed by atoms with van der Waals surface area (Å²) in [4.78, 5) is 12.9. The molecule has 0 saturated carbocycles. The highest BCUT2D eigenvalue weighted by molar-refractivity contribution is 7.08. The van der Waals surface area contributed by atoms with E-state index >= 15 is 0 Å². The van der Waals surface area contributed by atoms with E-state index in [0.717, 1.165) is 29.2 Å². The van der Waals surface area contributed by atoms with E-state index in [-0.39, 0.29) is 5.91 Å². The Bertz CT molecular complexity index is 1060. The minimum Gasteiger partial charge on any atom is -0.341 e. The Hall–Kier alpha value is -2.73. The van der Waals surface area contributed by atoms with Crippen LogP contribution in [-0.2, 0) is 6.54 Å². The van der Waals surface area contributed by atoms with Crippen molar-refractivity contribution in [3.63, 3.8) is 0 Å². The Kier molecular flexibility index (Phi) is 3.54. The van der Waals surface area contributed by atoms with Gasteiger partial charge in [0.1, 0.15) is 4.88 Å². The Balaban J connectivity index is 1.80. The molecule has 2 heterocycles. The molecule has 0 saturated heterocycles. The van der Waals surface area contributed by atoms with E-state index in [4.69, 9.17) is 0 Å². The Labute approximate surface area is 143 Å². The van der Waals surface area contributed by atoms with E-state index < -0.39 is 0 Å². The average Bonchev–Trinajstić information content (AvgIpc) is 3.16.